The first kappa shape index (κ1) is 17.1. The summed E-state index contributed by atoms with van der Waals surface area (Å²) in [7, 11) is 1.82. The predicted octanol–water partition coefficient (Wildman–Crippen LogP) is 2.70. The lowest BCUT2D eigenvalue weighted by Crippen LogP contribution is -2.56. The standard InChI is InChI=1S/C20H30N2O3/c1-24-15-17-6-7-20(22(17)14-16-4-5-16)8-10-21(11-9-20)19(23)13-18-3-2-12-25-18/h2-3,12,16-17H,4-11,13-15H2,1H3/t17-/m0/s1. The summed E-state index contributed by atoms with van der Waals surface area (Å²) in [6.45, 7) is 3.82. The highest BCUT2D eigenvalue weighted by atomic mass is 16.5. The highest BCUT2D eigenvalue weighted by Crippen LogP contribution is 2.44. The molecule has 1 atom stereocenters. The van der Waals surface area contributed by atoms with Crippen LogP contribution in [0.2, 0.25) is 0 Å². The molecule has 1 saturated carbocycles. The van der Waals surface area contributed by atoms with E-state index in [1.54, 1.807) is 6.26 Å². The molecule has 2 saturated heterocycles. The third kappa shape index (κ3) is 3.63. The van der Waals surface area contributed by atoms with Gasteiger partial charge in [-0.25, -0.2) is 0 Å². The van der Waals surface area contributed by atoms with E-state index in [9.17, 15) is 4.79 Å². The van der Waals surface area contributed by atoms with Crippen LogP contribution in [0, 0.1) is 5.92 Å². The molecule has 1 aliphatic carbocycles. The van der Waals surface area contributed by atoms with Crippen molar-refractivity contribution >= 4 is 5.91 Å². The van der Waals surface area contributed by atoms with Crippen LogP contribution in [0.15, 0.2) is 22.8 Å². The number of carbonyl (C=O) groups is 1. The van der Waals surface area contributed by atoms with Gasteiger partial charge in [-0.05, 0) is 56.6 Å². The lowest BCUT2D eigenvalue weighted by Gasteiger charge is -2.46. The minimum Gasteiger partial charge on any atom is -0.469 e. The highest BCUT2D eigenvalue weighted by Gasteiger charge is 2.49. The number of carbonyl (C=O) groups excluding carboxylic acids is 1. The Kier molecular flexibility index (Phi) is 4.87. The fourth-order valence-corrected chi connectivity index (χ4v) is 4.79. The molecule has 1 aromatic heterocycles. The minimum absolute atomic E-state index is 0.199. The second kappa shape index (κ2) is 7.12. The van der Waals surface area contributed by atoms with Gasteiger partial charge in [0, 0.05) is 38.3 Å². The van der Waals surface area contributed by atoms with Gasteiger partial charge in [-0.2, -0.15) is 0 Å². The molecule has 3 heterocycles. The van der Waals surface area contributed by atoms with Gasteiger partial charge in [0.1, 0.15) is 5.76 Å². The van der Waals surface area contributed by atoms with Crippen molar-refractivity contribution in [2.24, 2.45) is 5.92 Å². The van der Waals surface area contributed by atoms with Crippen LogP contribution in [-0.4, -0.2) is 60.6 Å². The molecule has 3 fully saturated rings. The van der Waals surface area contributed by atoms with Crippen molar-refractivity contribution in [1.82, 2.24) is 9.80 Å². The summed E-state index contributed by atoms with van der Waals surface area (Å²) in [5.41, 5.74) is 0.299. The maximum Gasteiger partial charge on any atom is 0.230 e. The van der Waals surface area contributed by atoms with Crippen molar-refractivity contribution in [2.45, 2.75) is 56.5 Å². The van der Waals surface area contributed by atoms with Crippen molar-refractivity contribution < 1.29 is 13.9 Å². The van der Waals surface area contributed by atoms with Crippen LogP contribution in [0.1, 0.15) is 44.3 Å². The van der Waals surface area contributed by atoms with Crippen molar-refractivity contribution in [3.05, 3.63) is 24.2 Å². The number of furan rings is 1. The van der Waals surface area contributed by atoms with Gasteiger partial charge in [0.2, 0.25) is 5.91 Å². The fraction of sp³-hybridized carbons (Fsp3) is 0.750. The van der Waals surface area contributed by atoms with Crippen LogP contribution in [0.5, 0.6) is 0 Å². The molecule has 0 unspecified atom stereocenters. The van der Waals surface area contributed by atoms with Crippen LogP contribution in [0.3, 0.4) is 0 Å². The number of nitrogens with zero attached hydrogens (tertiary/aromatic N) is 2. The summed E-state index contributed by atoms with van der Waals surface area (Å²) in [6.07, 6.45) is 9.50. The van der Waals surface area contributed by atoms with E-state index in [0.717, 1.165) is 44.2 Å². The van der Waals surface area contributed by atoms with Gasteiger partial charge in [0.15, 0.2) is 0 Å². The lowest BCUT2D eigenvalue weighted by atomic mass is 9.84. The molecular weight excluding hydrogens is 316 g/mol. The maximum atomic E-state index is 12.5. The van der Waals surface area contributed by atoms with Crippen molar-refractivity contribution in [1.29, 1.82) is 0 Å². The monoisotopic (exact) mass is 346 g/mol. The Morgan fingerprint density at radius 1 is 1.28 bits per heavy atom. The molecule has 1 aromatic rings. The zero-order chi connectivity index (χ0) is 17.3. The van der Waals surface area contributed by atoms with E-state index in [-0.39, 0.29) is 5.91 Å². The highest BCUT2D eigenvalue weighted by molar-refractivity contribution is 5.78. The van der Waals surface area contributed by atoms with Crippen molar-refractivity contribution in [3.63, 3.8) is 0 Å². The Hall–Kier alpha value is -1.33. The Labute approximate surface area is 150 Å². The van der Waals surface area contributed by atoms with Gasteiger partial charge >= 0.3 is 0 Å². The van der Waals surface area contributed by atoms with Crippen LogP contribution in [-0.2, 0) is 16.0 Å². The van der Waals surface area contributed by atoms with Crippen LogP contribution < -0.4 is 0 Å². The maximum absolute atomic E-state index is 12.5. The molecule has 4 rings (SSSR count). The van der Waals surface area contributed by atoms with Crippen molar-refractivity contribution in [2.75, 3.05) is 33.4 Å². The lowest BCUT2D eigenvalue weighted by molar-refractivity contribution is -0.133. The minimum atomic E-state index is 0.199. The van der Waals surface area contributed by atoms with E-state index in [4.69, 9.17) is 9.15 Å². The molecule has 0 bridgehead atoms. The molecule has 0 aromatic carbocycles. The quantitative estimate of drug-likeness (QED) is 0.794. The molecule has 25 heavy (non-hydrogen) atoms. The number of hydrogen-bond donors (Lipinski definition) is 0. The Bertz CT molecular complexity index is 574. The third-order valence-electron chi connectivity index (χ3n) is 6.46. The molecule has 2 aliphatic heterocycles. The molecule has 5 heteroatoms. The molecule has 5 nitrogen and oxygen atoms in total. The van der Waals surface area contributed by atoms with E-state index in [1.807, 2.05) is 24.1 Å². The summed E-state index contributed by atoms with van der Waals surface area (Å²) in [4.78, 5) is 17.3. The summed E-state index contributed by atoms with van der Waals surface area (Å²) >= 11 is 0. The van der Waals surface area contributed by atoms with Gasteiger partial charge in [0.05, 0.1) is 19.3 Å². The molecule has 1 spiro atoms. The Morgan fingerprint density at radius 2 is 2.08 bits per heavy atom. The van der Waals surface area contributed by atoms with E-state index in [2.05, 4.69) is 4.90 Å². The average Bonchev–Trinajstić information content (AvgIpc) is 3.20. The van der Waals surface area contributed by atoms with Crippen LogP contribution >= 0.6 is 0 Å². The Morgan fingerprint density at radius 3 is 2.72 bits per heavy atom. The summed E-state index contributed by atoms with van der Waals surface area (Å²) in [5.74, 6) is 1.86. The number of methoxy groups -OCH3 is 1. The summed E-state index contributed by atoms with van der Waals surface area (Å²) in [5, 5.41) is 0. The Balaban J connectivity index is 1.38. The molecule has 1 amide bonds. The van der Waals surface area contributed by atoms with Gasteiger partial charge < -0.3 is 14.1 Å². The molecular formula is C20H30N2O3. The average molecular weight is 346 g/mol. The van der Waals surface area contributed by atoms with Gasteiger partial charge in [-0.1, -0.05) is 0 Å². The van der Waals surface area contributed by atoms with Gasteiger partial charge in [-0.15, -0.1) is 0 Å². The number of ether oxygens (including phenoxy) is 1. The van der Waals surface area contributed by atoms with E-state index >= 15 is 0 Å². The number of likely N-dealkylation sites (tertiary alicyclic amines) is 2. The predicted molar refractivity (Wildman–Crippen MR) is 95.3 cm³/mol. The van der Waals surface area contributed by atoms with Crippen molar-refractivity contribution in [3.8, 4) is 0 Å². The van der Waals surface area contributed by atoms with E-state index in [0.29, 0.717) is 18.0 Å². The molecule has 0 radical (unpaired) electrons. The van der Waals surface area contributed by atoms with Crippen LogP contribution in [0.25, 0.3) is 0 Å². The molecule has 138 valence electrons. The second-order valence-corrected chi connectivity index (χ2v) is 8.10. The molecule has 0 N–H and O–H groups in total. The SMILES string of the molecule is COC[C@@H]1CCC2(CCN(C(=O)Cc3ccco3)CC2)N1CC1CC1. The van der Waals surface area contributed by atoms with Gasteiger partial charge in [0.25, 0.3) is 0 Å². The first-order chi connectivity index (χ1) is 12.2. The molecule has 3 aliphatic rings. The topological polar surface area (TPSA) is 45.9 Å². The third-order valence-corrected chi connectivity index (χ3v) is 6.46. The van der Waals surface area contributed by atoms with Gasteiger partial charge in [-0.3, -0.25) is 9.69 Å². The fourth-order valence-electron chi connectivity index (χ4n) is 4.79. The van der Waals surface area contributed by atoms with E-state index < -0.39 is 0 Å². The van der Waals surface area contributed by atoms with E-state index in [1.165, 1.54) is 32.2 Å². The number of hydrogen-bond acceptors (Lipinski definition) is 4. The zero-order valence-corrected chi connectivity index (χ0v) is 15.3. The summed E-state index contributed by atoms with van der Waals surface area (Å²) < 4.78 is 10.8. The first-order valence-electron chi connectivity index (χ1n) is 9.76. The number of amides is 1. The summed E-state index contributed by atoms with van der Waals surface area (Å²) in [6, 6.07) is 4.29. The largest absolute Gasteiger partial charge is 0.469 e. The number of piperidine rings is 1. The normalized spacial score (nSPS) is 26.4. The second-order valence-electron chi connectivity index (χ2n) is 8.10. The zero-order valence-electron chi connectivity index (χ0n) is 15.3. The number of rotatable bonds is 6. The van der Waals surface area contributed by atoms with Crippen LogP contribution in [0.4, 0.5) is 0 Å². The first-order valence-corrected chi connectivity index (χ1v) is 9.76. The smallest absolute Gasteiger partial charge is 0.230 e.